The Balaban J connectivity index is 2.33. The first-order valence-electron chi connectivity index (χ1n) is 6.08. The number of amides is 2. The van der Waals surface area contributed by atoms with Crippen molar-refractivity contribution in [3.8, 4) is 0 Å². The van der Waals surface area contributed by atoms with Crippen LogP contribution in [0.5, 0.6) is 0 Å². The van der Waals surface area contributed by atoms with Crippen LogP contribution in [-0.2, 0) is 9.59 Å². The fraction of sp³-hybridized carbons (Fsp3) is 0.385. The van der Waals surface area contributed by atoms with Crippen LogP contribution in [-0.4, -0.2) is 35.8 Å². The summed E-state index contributed by atoms with van der Waals surface area (Å²) in [6.45, 7) is 2.18. The highest BCUT2D eigenvalue weighted by Gasteiger charge is 2.35. The number of hydrogen-bond donors (Lipinski definition) is 2. The van der Waals surface area contributed by atoms with Crippen LogP contribution in [0.3, 0.4) is 0 Å². The SMILES string of the molecule is CC1C(=O)NC(=O)CN1C(CN)c1ccccc1Cl. The maximum atomic E-state index is 11.7. The molecule has 3 N–H and O–H groups in total. The largest absolute Gasteiger partial charge is 0.329 e. The lowest BCUT2D eigenvalue weighted by Gasteiger charge is -2.37. The van der Waals surface area contributed by atoms with E-state index in [1.165, 1.54) is 0 Å². The van der Waals surface area contributed by atoms with Gasteiger partial charge in [-0.1, -0.05) is 29.8 Å². The third-order valence-corrected chi connectivity index (χ3v) is 3.70. The number of halogens is 1. The summed E-state index contributed by atoms with van der Waals surface area (Å²) < 4.78 is 0. The van der Waals surface area contributed by atoms with Gasteiger partial charge in [-0.15, -0.1) is 0 Å². The molecule has 1 heterocycles. The molecule has 102 valence electrons. The van der Waals surface area contributed by atoms with Crippen molar-refractivity contribution in [2.45, 2.75) is 19.0 Å². The van der Waals surface area contributed by atoms with Gasteiger partial charge in [0.05, 0.1) is 12.6 Å². The molecule has 0 saturated carbocycles. The zero-order chi connectivity index (χ0) is 14.0. The van der Waals surface area contributed by atoms with Gasteiger partial charge >= 0.3 is 0 Å². The van der Waals surface area contributed by atoms with Gasteiger partial charge in [-0.2, -0.15) is 0 Å². The van der Waals surface area contributed by atoms with E-state index in [4.69, 9.17) is 17.3 Å². The molecule has 19 heavy (non-hydrogen) atoms. The molecule has 1 fully saturated rings. The molecule has 1 aromatic carbocycles. The van der Waals surface area contributed by atoms with Gasteiger partial charge in [0.1, 0.15) is 0 Å². The van der Waals surface area contributed by atoms with Crippen LogP contribution in [0.25, 0.3) is 0 Å². The number of nitrogens with zero attached hydrogens (tertiary/aromatic N) is 1. The van der Waals surface area contributed by atoms with Gasteiger partial charge in [-0.25, -0.2) is 0 Å². The summed E-state index contributed by atoms with van der Waals surface area (Å²) in [5.74, 6) is -0.615. The van der Waals surface area contributed by atoms with E-state index in [1.807, 2.05) is 18.2 Å². The standard InChI is InChI=1S/C13H16ClN3O2/c1-8-13(19)16-12(18)7-17(8)11(6-15)9-4-2-3-5-10(9)14/h2-5,8,11H,6-7,15H2,1H3,(H,16,18,19). The van der Waals surface area contributed by atoms with E-state index in [0.717, 1.165) is 5.56 Å². The molecule has 2 rings (SSSR count). The maximum absolute atomic E-state index is 11.7. The van der Waals surface area contributed by atoms with Gasteiger partial charge in [-0.3, -0.25) is 19.8 Å². The number of hydrogen-bond acceptors (Lipinski definition) is 4. The predicted molar refractivity (Wildman–Crippen MR) is 72.6 cm³/mol. The van der Waals surface area contributed by atoms with Gasteiger partial charge in [0.15, 0.2) is 0 Å². The van der Waals surface area contributed by atoms with E-state index in [9.17, 15) is 9.59 Å². The normalized spacial score (nSPS) is 22.2. The molecule has 2 unspecified atom stereocenters. The van der Waals surface area contributed by atoms with Crippen LogP contribution in [0, 0.1) is 0 Å². The minimum atomic E-state index is -0.414. The molecule has 5 nitrogen and oxygen atoms in total. The quantitative estimate of drug-likeness (QED) is 0.799. The number of piperazine rings is 1. The van der Waals surface area contributed by atoms with Crippen molar-refractivity contribution >= 4 is 23.4 Å². The summed E-state index contributed by atoms with van der Waals surface area (Å²) in [5, 5.41) is 2.90. The first-order chi connectivity index (χ1) is 9.04. The smallest absolute Gasteiger partial charge is 0.243 e. The number of nitrogens with one attached hydrogen (secondary N) is 1. The fourth-order valence-electron chi connectivity index (χ4n) is 2.30. The minimum absolute atomic E-state index is 0.139. The van der Waals surface area contributed by atoms with Gasteiger partial charge in [0.25, 0.3) is 0 Å². The number of nitrogens with two attached hydrogens (primary N) is 1. The van der Waals surface area contributed by atoms with Gasteiger partial charge in [-0.05, 0) is 18.6 Å². The molecule has 1 aliphatic rings. The third kappa shape index (κ3) is 2.78. The highest BCUT2D eigenvalue weighted by Crippen LogP contribution is 2.28. The highest BCUT2D eigenvalue weighted by molar-refractivity contribution is 6.31. The summed E-state index contributed by atoms with van der Waals surface area (Å²) in [4.78, 5) is 25.0. The molecule has 6 heteroatoms. The number of benzene rings is 1. The second-order valence-corrected chi connectivity index (χ2v) is 4.94. The van der Waals surface area contributed by atoms with Crippen molar-refractivity contribution < 1.29 is 9.59 Å². The second-order valence-electron chi connectivity index (χ2n) is 4.53. The summed E-state index contributed by atoms with van der Waals surface area (Å²) in [5.41, 5.74) is 6.65. The predicted octanol–water partition coefficient (Wildman–Crippen LogP) is 0.687. The van der Waals surface area contributed by atoms with Crippen molar-refractivity contribution in [2.24, 2.45) is 5.73 Å². The van der Waals surface area contributed by atoms with E-state index in [1.54, 1.807) is 17.9 Å². The Bertz CT molecular complexity index is 506. The maximum Gasteiger partial charge on any atom is 0.243 e. The van der Waals surface area contributed by atoms with E-state index in [0.29, 0.717) is 5.02 Å². The molecular weight excluding hydrogens is 266 g/mol. The van der Waals surface area contributed by atoms with Gasteiger partial charge < -0.3 is 5.73 Å². The van der Waals surface area contributed by atoms with E-state index in [-0.39, 0.29) is 30.9 Å². The summed E-state index contributed by atoms with van der Waals surface area (Å²) >= 11 is 6.17. The van der Waals surface area contributed by atoms with Crippen molar-refractivity contribution in [3.63, 3.8) is 0 Å². The Morgan fingerprint density at radius 2 is 2.16 bits per heavy atom. The van der Waals surface area contributed by atoms with Gasteiger partial charge in [0.2, 0.25) is 11.8 Å². The Morgan fingerprint density at radius 1 is 1.47 bits per heavy atom. The topological polar surface area (TPSA) is 75.4 Å². The summed E-state index contributed by atoms with van der Waals surface area (Å²) in [6, 6.07) is 6.66. The van der Waals surface area contributed by atoms with Crippen LogP contribution in [0.1, 0.15) is 18.5 Å². The summed E-state index contributed by atoms with van der Waals surface area (Å²) in [6.07, 6.45) is 0. The summed E-state index contributed by atoms with van der Waals surface area (Å²) in [7, 11) is 0. The fourth-order valence-corrected chi connectivity index (χ4v) is 2.56. The number of rotatable bonds is 3. The van der Waals surface area contributed by atoms with E-state index >= 15 is 0 Å². The van der Waals surface area contributed by atoms with Crippen LogP contribution in [0.2, 0.25) is 5.02 Å². The zero-order valence-electron chi connectivity index (χ0n) is 10.6. The van der Waals surface area contributed by atoms with Gasteiger partial charge in [0, 0.05) is 17.6 Å². The molecule has 0 radical (unpaired) electrons. The molecule has 0 spiro atoms. The van der Waals surface area contributed by atoms with Crippen LogP contribution < -0.4 is 11.1 Å². The van der Waals surface area contributed by atoms with Crippen LogP contribution >= 0.6 is 11.6 Å². The lowest BCUT2D eigenvalue weighted by atomic mass is 10.0. The number of carbonyl (C=O) groups is 2. The second kappa shape index (κ2) is 5.69. The molecule has 0 aliphatic carbocycles. The minimum Gasteiger partial charge on any atom is -0.329 e. The molecule has 0 aromatic heterocycles. The Morgan fingerprint density at radius 3 is 2.79 bits per heavy atom. The Kier molecular flexibility index (Phi) is 4.19. The van der Waals surface area contributed by atoms with E-state index in [2.05, 4.69) is 5.32 Å². The monoisotopic (exact) mass is 281 g/mol. The molecule has 2 atom stereocenters. The molecule has 0 bridgehead atoms. The van der Waals surface area contributed by atoms with Crippen LogP contribution in [0.4, 0.5) is 0 Å². The average molecular weight is 282 g/mol. The lowest BCUT2D eigenvalue weighted by molar-refractivity contribution is -0.140. The average Bonchev–Trinajstić information content (AvgIpc) is 2.38. The Labute approximate surface area is 116 Å². The van der Waals surface area contributed by atoms with Crippen molar-refractivity contribution in [1.29, 1.82) is 0 Å². The lowest BCUT2D eigenvalue weighted by Crippen LogP contribution is -2.58. The first kappa shape index (κ1) is 14.0. The molecule has 1 aromatic rings. The zero-order valence-corrected chi connectivity index (χ0v) is 11.4. The molecule has 2 amide bonds. The molecular formula is C13H16ClN3O2. The highest BCUT2D eigenvalue weighted by atomic mass is 35.5. The first-order valence-corrected chi connectivity index (χ1v) is 6.46. The number of carbonyl (C=O) groups excluding carboxylic acids is 2. The number of imide groups is 1. The van der Waals surface area contributed by atoms with Crippen molar-refractivity contribution in [3.05, 3.63) is 34.9 Å². The third-order valence-electron chi connectivity index (χ3n) is 3.35. The van der Waals surface area contributed by atoms with Crippen LogP contribution in [0.15, 0.2) is 24.3 Å². The molecule has 1 saturated heterocycles. The Hall–Kier alpha value is -1.43. The van der Waals surface area contributed by atoms with E-state index < -0.39 is 6.04 Å². The van der Waals surface area contributed by atoms with Crippen molar-refractivity contribution in [1.82, 2.24) is 10.2 Å². The van der Waals surface area contributed by atoms with Crippen molar-refractivity contribution in [2.75, 3.05) is 13.1 Å². The molecule has 1 aliphatic heterocycles.